The molecule has 5 saturated carbocycles. The highest BCUT2D eigenvalue weighted by Gasteiger charge is 2.37. The van der Waals surface area contributed by atoms with Crippen molar-refractivity contribution in [2.24, 2.45) is 0 Å². The summed E-state index contributed by atoms with van der Waals surface area (Å²) in [6.45, 7) is 5.69. The standard InChI is InChI=1S/C18H36O4S4.C18H20S4.C16H32S4.C14H28S6.C14H28S4/c23-14-10-19-6-8-21-12-16-25-18(4-2-1-3-5-18)26-17-13-22-9-7-20-11-15-24;19-14-4-8-16(9-5-14)21-18(12-2-1-3-13-18)22-17-10-6-15(20)7-11-17;17-12-6-2-8-14-19-16(10-4-1-5-11-16)20-15-9-3-7-13-18;15-6-8-17-10-12-19-14(4-2-1-3-5-14)20-13-11-18-9-7-16;15-10-4-6-12-17-14(8-2-1-3-9-14)18-13-7-5-11-16/h23-24H,1-17H2;4-11,19-20H,1-3,12-13H2;17-18H,1-15H2;15-16H,1-13H2;15-16H,1-13H2. The summed E-state index contributed by atoms with van der Waals surface area (Å²) < 4.78 is 24.4. The fraction of sp³-hybridized carbons (Fsp3) is 0.850. The van der Waals surface area contributed by atoms with Gasteiger partial charge < -0.3 is 18.9 Å². The Labute approximate surface area is 758 Å². The van der Waals surface area contributed by atoms with E-state index in [0.29, 0.717) is 56.0 Å². The van der Waals surface area contributed by atoms with Crippen molar-refractivity contribution in [1.82, 2.24) is 0 Å². The first-order valence-electron chi connectivity index (χ1n) is 40.4. The summed E-state index contributed by atoms with van der Waals surface area (Å²) in [5, 5.41) is 0. The van der Waals surface area contributed by atoms with Crippen molar-refractivity contribution in [3.05, 3.63) is 48.5 Å². The average molecular weight is 1880 g/mol. The van der Waals surface area contributed by atoms with E-state index in [0.717, 1.165) is 80.5 Å². The van der Waals surface area contributed by atoms with Gasteiger partial charge in [-0.05, 0) is 222 Å². The molecule has 0 amide bonds. The molecule has 2 aromatic carbocycles. The second-order valence-corrected chi connectivity index (χ2v) is 50.4. The molecule has 0 spiro atoms. The average Bonchev–Trinajstić information content (AvgIpc) is 0.882. The van der Waals surface area contributed by atoms with Crippen molar-refractivity contribution < 1.29 is 18.9 Å². The van der Waals surface area contributed by atoms with Gasteiger partial charge in [-0.2, -0.15) is 125 Å². The lowest BCUT2D eigenvalue weighted by molar-refractivity contribution is 0.0604. The molecule has 5 aliphatic rings. The molecule has 620 valence electrons. The maximum absolute atomic E-state index is 5.68. The summed E-state index contributed by atoms with van der Waals surface area (Å²) in [6.07, 6.45) is 48.2. The number of hydrogen-bond donors (Lipinski definition) is 10. The van der Waals surface area contributed by atoms with Crippen LogP contribution in [0.1, 0.15) is 225 Å². The minimum Gasteiger partial charge on any atom is -0.378 e. The quantitative estimate of drug-likeness (QED) is 0.0177. The number of unbranched alkanes of at least 4 members (excludes halogenated alkanes) is 6. The normalized spacial score (nSPS) is 17.9. The Morgan fingerprint density at radius 3 is 0.764 bits per heavy atom. The zero-order valence-electron chi connectivity index (χ0n) is 64.7. The van der Waals surface area contributed by atoms with Crippen LogP contribution in [0.5, 0.6) is 0 Å². The van der Waals surface area contributed by atoms with Crippen LogP contribution in [0.15, 0.2) is 68.1 Å². The Kier molecular flexibility index (Phi) is 73.8. The first-order valence-corrected chi connectivity index (χ1v) is 58.2. The van der Waals surface area contributed by atoms with Crippen molar-refractivity contribution in [2.45, 2.75) is 265 Å². The van der Waals surface area contributed by atoms with Gasteiger partial charge in [0, 0.05) is 77.1 Å². The minimum atomic E-state index is 0.258. The molecule has 106 heavy (non-hydrogen) atoms. The highest BCUT2D eigenvalue weighted by Crippen LogP contribution is 2.55. The van der Waals surface area contributed by atoms with Crippen molar-refractivity contribution >= 4 is 267 Å². The Balaban J connectivity index is 0.000000346. The smallest absolute Gasteiger partial charge is 0.0705 e. The fourth-order valence-electron chi connectivity index (χ4n) is 13.0. The second-order valence-electron chi connectivity index (χ2n) is 27.3. The second kappa shape index (κ2) is 73.7. The molecule has 0 atom stereocenters. The van der Waals surface area contributed by atoms with E-state index < -0.39 is 0 Å². The van der Waals surface area contributed by atoms with Gasteiger partial charge in [-0.3, -0.25) is 0 Å². The van der Waals surface area contributed by atoms with Crippen LogP contribution in [0.2, 0.25) is 0 Å². The van der Waals surface area contributed by atoms with E-state index in [4.69, 9.17) is 18.9 Å². The molecule has 0 aromatic heterocycles. The molecule has 5 aliphatic carbocycles. The molecule has 0 N–H and O–H groups in total. The zero-order valence-corrected chi connectivity index (χ0v) is 83.4. The first-order chi connectivity index (χ1) is 52.0. The lowest BCUT2D eigenvalue weighted by atomic mass is 10.00. The van der Waals surface area contributed by atoms with Gasteiger partial charge in [0.25, 0.3) is 0 Å². The highest BCUT2D eigenvalue weighted by molar-refractivity contribution is 8.20. The maximum Gasteiger partial charge on any atom is 0.0705 e. The lowest BCUT2D eigenvalue weighted by Crippen LogP contribution is -2.26. The maximum atomic E-state index is 5.68. The van der Waals surface area contributed by atoms with Gasteiger partial charge in [0.15, 0.2) is 0 Å². The third kappa shape index (κ3) is 55.1. The van der Waals surface area contributed by atoms with E-state index in [1.165, 1.54) is 292 Å². The summed E-state index contributed by atoms with van der Waals surface area (Å²) in [7, 11) is 0. The summed E-state index contributed by atoms with van der Waals surface area (Å²) in [5.41, 5.74) is 0. The fourth-order valence-corrected chi connectivity index (χ4v) is 33.3. The van der Waals surface area contributed by atoms with Gasteiger partial charge in [-0.25, -0.2) is 0 Å². The molecule has 0 unspecified atom stereocenters. The predicted molar refractivity (Wildman–Crippen MR) is 543 cm³/mol. The van der Waals surface area contributed by atoms with E-state index in [1.54, 1.807) is 0 Å². The van der Waals surface area contributed by atoms with Crippen LogP contribution in [-0.4, -0.2) is 188 Å². The molecule has 7 rings (SSSR count). The van der Waals surface area contributed by atoms with Gasteiger partial charge in [0.1, 0.15) is 0 Å². The van der Waals surface area contributed by atoms with Crippen molar-refractivity contribution in [3.63, 3.8) is 0 Å². The number of thioether (sulfide) groups is 12. The molecule has 0 aliphatic heterocycles. The van der Waals surface area contributed by atoms with Crippen molar-refractivity contribution in [1.29, 1.82) is 0 Å². The van der Waals surface area contributed by atoms with Crippen LogP contribution in [0.4, 0.5) is 0 Å². The zero-order chi connectivity index (χ0) is 76.3. The number of rotatable bonds is 56. The van der Waals surface area contributed by atoms with E-state index >= 15 is 0 Å². The third-order valence-corrected chi connectivity index (χ3v) is 41.3. The van der Waals surface area contributed by atoms with Crippen molar-refractivity contribution in [2.75, 3.05) is 168 Å². The van der Waals surface area contributed by atoms with Crippen LogP contribution < -0.4 is 0 Å². The molecule has 4 nitrogen and oxygen atoms in total. The Hall–Kier alpha value is 5.98. The molecule has 0 bridgehead atoms. The molecule has 26 heteroatoms. The molecular weight excluding hydrogens is 1730 g/mol. The van der Waals surface area contributed by atoms with Gasteiger partial charge in [0.2, 0.25) is 0 Å². The highest BCUT2D eigenvalue weighted by atomic mass is 32.2. The van der Waals surface area contributed by atoms with E-state index in [2.05, 4.69) is 292 Å². The monoisotopic (exact) mass is 1870 g/mol. The predicted octanol–water partition coefficient (Wildman–Crippen LogP) is 28.1. The molecule has 5 fully saturated rings. The molecular formula is C80H144O4S22. The van der Waals surface area contributed by atoms with E-state index in [-0.39, 0.29) is 4.08 Å². The summed E-state index contributed by atoms with van der Waals surface area (Å²) in [5.74, 6) is 22.9. The number of hydrogen-bond acceptors (Lipinski definition) is 26. The summed E-state index contributed by atoms with van der Waals surface area (Å²) in [6, 6.07) is 17.1. The summed E-state index contributed by atoms with van der Waals surface area (Å²) >= 11 is 68.7. The van der Waals surface area contributed by atoms with Crippen molar-refractivity contribution in [3.8, 4) is 0 Å². The number of benzene rings is 2. The van der Waals surface area contributed by atoms with Crippen LogP contribution >= 0.6 is 267 Å². The minimum absolute atomic E-state index is 0.258. The van der Waals surface area contributed by atoms with E-state index in [9.17, 15) is 0 Å². The third-order valence-electron chi connectivity index (χ3n) is 18.6. The lowest BCUT2D eigenvalue weighted by Gasteiger charge is -2.36. The SMILES string of the molecule is SCCCCCSC1(SCCCCCS)CCCCC1.SCCCCSC1(SCCCCS)CCCCC1.SCCOCCOCCSC1(SCCOCCOCCS)CCCCC1.SCCSCCSC1(SCCSCCS)CCCCC1.Sc1ccc(SC2(Sc3ccc(S)cc3)CCCCC2)cc1. The Morgan fingerprint density at radius 2 is 0.481 bits per heavy atom. The van der Waals surface area contributed by atoms with Crippen LogP contribution in [-0.2, 0) is 18.9 Å². The van der Waals surface area contributed by atoms with Crippen LogP contribution in [0.25, 0.3) is 0 Å². The largest absolute Gasteiger partial charge is 0.378 e. The number of ether oxygens (including phenoxy) is 4. The van der Waals surface area contributed by atoms with E-state index in [1.807, 2.05) is 23.5 Å². The first kappa shape index (κ1) is 106. The van der Waals surface area contributed by atoms with Gasteiger partial charge in [-0.1, -0.05) is 109 Å². The molecule has 0 radical (unpaired) electrons. The van der Waals surface area contributed by atoms with Crippen LogP contribution in [0, 0.1) is 0 Å². The topological polar surface area (TPSA) is 36.9 Å². The van der Waals surface area contributed by atoms with Gasteiger partial charge in [-0.15, -0.1) is 143 Å². The molecule has 0 saturated heterocycles. The summed E-state index contributed by atoms with van der Waals surface area (Å²) in [4.78, 5) is 4.74. The Morgan fingerprint density at radius 1 is 0.226 bits per heavy atom. The van der Waals surface area contributed by atoms with Gasteiger partial charge >= 0.3 is 0 Å². The Bertz CT molecular complexity index is 2040. The van der Waals surface area contributed by atoms with Gasteiger partial charge in [0.05, 0.1) is 73.3 Å². The van der Waals surface area contributed by atoms with Crippen LogP contribution in [0.3, 0.4) is 0 Å². The molecule has 0 heterocycles. The molecule has 2 aromatic rings. The number of thiol groups is 10.